The monoisotopic (exact) mass is 244 g/mol. The molecule has 1 fully saturated rings. The second-order valence-corrected chi connectivity index (χ2v) is 4.42. The molecule has 2 unspecified atom stereocenters. The first kappa shape index (κ1) is 13.8. The van der Waals surface area contributed by atoms with Crippen LogP contribution in [-0.2, 0) is 9.53 Å². The molecule has 17 heavy (non-hydrogen) atoms. The maximum absolute atomic E-state index is 11.4. The number of carboxylic acids is 1. The third-order valence-electron chi connectivity index (χ3n) is 2.72. The molecule has 0 aromatic carbocycles. The van der Waals surface area contributed by atoms with Crippen LogP contribution in [0.3, 0.4) is 0 Å². The Labute approximate surface area is 101 Å². The highest BCUT2D eigenvalue weighted by Gasteiger charge is 2.15. The van der Waals surface area contributed by atoms with Gasteiger partial charge in [0, 0.05) is 25.8 Å². The van der Waals surface area contributed by atoms with Gasteiger partial charge in [-0.2, -0.15) is 0 Å². The van der Waals surface area contributed by atoms with Crippen LogP contribution in [0.5, 0.6) is 0 Å². The van der Waals surface area contributed by atoms with E-state index in [4.69, 9.17) is 9.84 Å². The number of hydrogen-bond acceptors (Lipinski definition) is 3. The Bertz CT molecular complexity index is 264. The van der Waals surface area contributed by atoms with Gasteiger partial charge in [0.25, 0.3) is 0 Å². The first-order valence-electron chi connectivity index (χ1n) is 5.92. The lowest BCUT2D eigenvalue weighted by Crippen LogP contribution is -2.42. The van der Waals surface area contributed by atoms with Crippen LogP contribution in [0.1, 0.15) is 26.2 Å². The summed E-state index contributed by atoms with van der Waals surface area (Å²) in [6, 6.07) is -0.667. The van der Waals surface area contributed by atoms with E-state index in [1.54, 1.807) is 6.92 Å². The molecule has 0 aromatic rings. The topological polar surface area (TPSA) is 87.7 Å². The summed E-state index contributed by atoms with van der Waals surface area (Å²) in [5.41, 5.74) is 0. The molecule has 1 aliphatic rings. The standard InChI is InChI=1S/C11H20N2O4/c1-8(6-10(14)15)13-11(16)12-4-2-9-3-5-17-7-9/h8-9H,2-7H2,1H3,(H,14,15)(H2,12,13,16). The van der Waals surface area contributed by atoms with Crippen molar-refractivity contribution in [3.63, 3.8) is 0 Å². The second-order valence-electron chi connectivity index (χ2n) is 4.42. The van der Waals surface area contributed by atoms with Gasteiger partial charge >= 0.3 is 12.0 Å². The molecule has 6 nitrogen and oxygen atoms in total. The van der Waals surface area contributed by atoms with E-state index in [-0.39, 0.29) is 18.5 Å². The largest absolute Gasteiger partial charge is 0.481 e. The highest BCUT2D eigenvalue weighted by Crippen LogP contribution is 2.14. The van der Waals surface area contributed by atoms with Crippen molar-refractivity contribution in [2.24, 2.45) is 5.92 Å². The van der Waals surface area contributed by atoms with E-state index in [1.165, 1.54) is 0 Å². The maximum atomic E-state index is 11.4. The molecule has 2 amide bonds. The quantitative estimate of drug-likeness (QED) is 0.637. The molecule has 0 radical (unpaired) electrons. The van der Waals surface area contributed by atoms with Gasteiger partial charge < -0.3 is 20.5 Å². The molecule has 1 saturated heterocycles. The minimum atomic E-state index is -0.916. The van der Waals surface area contributed by atoms with Crippen molar-refractivity contribution < 1.29 is 19.4 Å². The summed E-state index contributed by atoms with van der Waals surface area (Å²) in [6.45, 7) is 3.85. The zero-order valence-corrected chi connectivity index (χ0v) is 10.1. The molecule has 1 rings (SSSR count). The molecular weight excluding hydrogens is 224 g/mol. The molecule has 0 spiro atoms. The van der Waals surface area contributed by atoms with Crippen LogP contribution < -0.4 is 10.6 Å². The summed E-state index contributed by atoms with van der Waals surface area (Å²) < 4.78 is 5.23. The van der Waals surface area contributed by atoms with Gasteiger partial charge in [-0.05, 0) is 25.7 Å². The van der Waals surface area contributed by atoms with E-state index < -0.39 is 5.97 Å². The van der Waals surface area contributed by atoms with E-state index in [0.29, 0.717) is 12.5 Å². The number of rotatable bonds is 6. The van der Waals surface area contributed by atoms with Crippen molar-refractivity contribution in [3.8, 4) is 0 Å². The Balaban J connectivity index is 2.05. The van der Waals surface area contributed by atoms with Gasteiger partial charge in [0.05, 0.1) is 6.42 Å². The third kappa shape index (κ3) is 6.11. The van der Waals surface area contributed by atoms with E-state index >= 15 is 0 Å². The number of carbonyl (C=O) groups is 2. The van der Waals surface area contributed by atoms with Crippen molar-refractivity contribution in [3.05, 3.63) is 0 Å². The van der Waals surface area contributed by atoms with E-state index in [9.17, 15) is 9.59 Å². The van der Waals surface area contributed by atoms with Gasteiger partial charge in [-0.1, -0.05) is 0 Å². The van der Waals surface area contributed by atoms with E-state index in [2.05, 4.69) is 10.6 Å². The van der Waals surface area contributed by atoms with Crippen LogP contribution in [0, 0.1) is 5.92 Å². The fourth-order valence-electron chi connectivity index (χ4n) is 1.79. The smallest absolute Gasteiger partial charge is 0.315 e. The molecule has 0 bridgehead atoms. The van der Waals surface area contributed by atoms with Crippen LogP contribution in [0.25, 0.3) is 0 Å². The molecule has 3 N–H and O–H groups in total. The molecule has 2 atom stereocenters. The molecule has 98 valence electrons. The molecule has 0 saturated carbocycles. The van der Waals surface area contributed by atoms with Gasteiger partial charge in [0.2, 0.25) is 0 Å². The summed E-state index contributed by atoms with van der Waals surface area (Å²) in [7, 11) is 0. The summed E-state index contributed by atoms with van der Waals surface area (Å²) in [5.74, 6) is -0.382. The van der Waals surface area contributed by atoms with Crippen LogP contribution >= 0.6 is 0 Å². The predicted molar refractivity (Wildman–Crippen MR) is 61.8 cm³/mol. The van der Waals surface area contributed by atoms with Crippen LogP contribution in [-0.4, -0.2) is 42.9 Å². The van der Waals surface area contributed by atoms with Crippen molar-refractivity contribution >= 4 is 12.0 Å². The molecular formula is C11H20N2O4. The Hall–Kier alpha value is -1.30. The summed E-state index contributed by atoms with van der Waals surface area (Å²) in [6.07, 6.45) is 1.89. The minimum Gasteiger partial charge on any atom is -0.481 e. The summed E-state index contributed by atoms with van der Waals surface area (Å²) in [5, 5.41) is 13.8. The van der Waals surface area contributed by atoms with Crippen molar-refractivity contribution in [2.75, 3.05) is 19.8 Å². The number of amides is 2. The van der Waals surface area contributed by atoms with Gasteiger partial charge in [-0.25, -0.2) is 4.79 Å². The van der Waals surface area contributed by atoms with E-state index in [0.717, 1.165) is 26.1 Å². The van der Waals surface area contributed by atoms with Crippen LogP contribution in [0.15, 0.2) is 0 Å². The highest BCUT2D eigenvalue weighted by atomic mass is 16.5. The lowest BCUT2D eigenvalue weighted by molar-refractivity contribution is -0.137. The van der Waals surface area contributed by atoms with Crippen LogP contribution in [0.2, 0.25) is 0 Å². The molecule has 0 aromatic heterocycles. The molecule has 6 heteroatoms. The van der Waals surface area contributed by atoms with Gasteiger partial charge in [0.15, 0.2) is 0 Å². The molecule has 0 aliphatic carbocycles. The zero-order chi connectivity index (χ0) is 12.7. The number of hydrogen-bond donors (Lipinski definition) is 3. The molecule has 1 heterocycles. The molecule has 1 aliphatic heterocycles. The first-order valence-corrected chi connectivity index (χ1v) is 5.92. The average Bonchev–Trinajstić information content (AvgIpc) is 2.68. The number of carbonyl (C=O) groups excluding carboxylic acids is 1. The fraction of sp³-hybridized carbons (Fsp3) is 0.818. The number of carboxylic acid groups (broad SMARTS) is 1. The lowest BCUT2D eigenvalue weighted by Gasteiger charge is -2.13. The Morgan fingerprint density at radius 1 is 1.53 bits per heavy atom. The predicted octanol–water partition coefficient (Wildman–Crippen LogP) is 0.575. The third-order valence-corrected chi connectivity index (χ3v) is 2.72. The Kier molecular flexibility index (Phi) is 5.76. The SMILES string of the molecule is CC(CC(=O)O)NC(=O)NCCC1CCOC1. The minimum absolute atomic E-state index is 0.0656. The Morgan fingerprint density at radius 3 is 2.88 bits per heavy atom. The fourth-order valence-corrected chi connectivity index (χ4v) is 1.79. The number of ether oxygens (including phenoxy) is 1. The highest BCUT2D eigenvalue weighted by molar-refractivity contribution is 5.75. The van der Waals surface area contributed by atoms with Gasteiger partial charge in [-0.15, -0.1) is 0 Å². The van der Waals surface area contributed by atoms with Gasteiger partial charge in [0.1, 0.15) is 0 Å². The van der Waals surface area contributed by atoms with Crippen molar-refractivity contribution in [1.82, 2.24) is 10.6 Å². The average molecular weight is 244 g/mol. The first-order chi connectivity index (χ1) is 8.08. The van der Waals surface area contributed by atoms with Crippen LogP contribution in [0.4, 0.5) is 4.79 Å². The summed E-state index contributed by atoms with van der Waals surface area (Å²) in [4.78, 5) is 21.8. The van der Waals surface area contributed by atoms with E-state index in [1.807, 2.05) is 0 Å². The maximum Gasteiger partial charge on any atom is 0.315 e. The second kappa shape index (κ2) is 7.11. The number of aliphatic carboxylic acids is 1. The van der Waals surface area contributed by atoms with Gasteiger partial charge in [-0.3, -0.25) is 4.79 Å². The summed E-state index contributed by atoms with van der Waals surface area (Å²) >= 11 is 0. The lowest BCUT2D eigenvalue weighted by atomic mass is 10.1. The Morgan fingerprint density at radius 2 is 2.29 bits per heavy atom. The number of urea groups is 1. The van der Waals surface area contributed by atoms with Crippen molar-refractivity contribution in [1.29, 1.82) is 0 Å². The zero-order valence-electron chi connectivity index (χ0n) is 10.1. The normalized spacial score (nSPS) is 20.9. The van der Waals surface area contributed by atoms with Crippen molar-refractivity contribution in [2.45, 2.75) is 32.2 Å². The number of nitrogens with one attached hydrogen (secondary N) is 2.